The second kappa shape index (κ2) is 4.64. The number of hydrogen-bond acceptors (Lipinski definition) is 3. The molecule has 0 unspecified atom stereocenters. The fourth-order valence-electron chi connectivity index (χ4n) is 1.44. The highest BCUT2D eigenvalue weighted by Gasteiger charge is 2.33. The van der Waals surface area contributed by atoms with Crippen molar-refractivity contribution in [2.75, 3.05) is 6.54 Å². The molecule has 0 saturated carbocycles. The lowest BCUT2D eigenvalue weighted by atomic mass is 10.1. The first kappa shape index (κ1) is 12.0. The molecule has 1 saturated heterocycles. The molecule has 1 aliphatic rings. The van der Waals surface area contributed by atoms with Crippen LogP contribution in [0.3, 0.4) is 0 Å². The van der Waals surface area contributed by atoms with Crippen molar-refractivity contribution in [2.45, 2.75) is 19.1 Å². The van der Waals surface area contributed by atoms with Crippen molar-refractivity contribution in [3.05, 3.63) is 29.8 Å². The molecule has 1 N–H and O–H groups in total. The van der Waals surface area contributed by atoms with Gasteiger partial charge in [-0.1, -0.05) is 0 Å². The topological polar surface area (TPSA) is 38.3 Å². The standard InChI is InChI=1S/C11H13NO2.ClH/c1-11(6-7-12-11)14-10-4-2-9(8-13)3-5-10;/h2-5,8,12H,6-7H2,1H3;1H/t11-;/m1./s1. The third kappa shape index (κ3) is 2.70. The molecule has 1 fully saturated rings. The SMILES string of the molecule is C[C@@]1(Oc2ccc(C=O)cc2)CCN1.Cl. The van der Waals surface area contributed by atoms with Crippen molar-refractivity contribution >= 4 is 18.7 Å². The van der Waals surface area contributed by atoms with Gasteiger partial charge in [0.15, 0.2) is 5.72 Å². The lowest BCUT2D eigenvalue weighted by Crippen LogP contribution is -2.58. The Morgan fingerprint density at radius 3 is 2.40 bits per heavy atom. The average Bonchev–Trinajstić information content (AvgIpc) is 2.17. The quantitative estimate of drug-likeness (QED) is 0.803. The number of benzene rings is 1. The van der Waals surface area contributed by atoms with Crippen LogP contribution in [0.1, 0.15) is 23.7 Å². The maximum Gasteiger partial charge on any atom is 0.159 e. The molecule has 0 aliphatic carbocycles. The molecule has 3 nitrogen and oxygen atoms in total. The van der Waals surface area contributed by atoms with Crippen LogP contribution in [0.5, 0.6) is 5.75 Å². The Morgan fingerprint density at radius 2 is 2.00 bits per heavy atom. The van der Waals surface area contributed by atoms with Gasteiger partial charge >= 0.3 is 0 Å². The molecule has 4 heteroatoms. The number of carbonyl (C=O) groups is 1. The van der Waals surface area contributed by atoms with Gasteiger partial charge in [0.25, 0.3) is 0 Å². The highest BCUT2D eigenvalue weighted by molar-refractivity contribution is 5.85. The molecule has 0 amide bonds. The minimum absolute atomic E-state index is 0. The molecule has 0 radical (unpaired) electrons. The Bertz CT molecular complexity index is 333. The smallest absolute Gasteiger partial charge is 0.159 e. The van der Waals surface area contributed by atoms with Gasteiger partial charge in [0.1, 0.15) is 12.0 Å². The summed E-state index contributed by atoms with van der Waals surface area (Å²) in [4.78, 5) is 10.4. The zero-order chi connectivity index (χ0) is 10.0. The lowest BCUT2D eigenvalue weighted by molar-refractivity contribution is -0.0105. The van der Waals surface area contributed by atoms with Gasteiger partial charge in [-0.15, -0.1) is 12.4 Å². The zero-order valence-corrected chi connectivity index (χ0v) is 9.34. The molecule has 0 aromatic heterocycles. The van der Waals surface area contributed by atoms with Gasteiger partial charge in [0, 0.05) is 18.5 Å². The molecule has 1 aromatic carbocycles. The van der Waals surface area contributed by atoms with E-state index in [1.54, 1.807) is 12.1 Å². The molecule has 1 aromatic rings. The van der Waals surface area contributed by atoms with Crippen LogP contribution in [-0.4, -0.2) is 18.6 Å². The number of nitrogens with one attached hydrogen (secondary N) is 1. The van der Waals surface area contributed by atoms with E-state index in [4.69, 9.17) is 4.74 Å². The summed E-state index contributed by atoms with van der Waals surface area (Å²) in [6.07, 6.45) is 1.84. The maximum atomic E-state index is 10.4. The second-order valence-electron chi connectivity index (χ2n) is 3.70. The average molecular weight is 228 g/mol. The monoisotopic (exact) mass is 227 g/mol. The van der Waals surface area contributed by atoms with Gasteiger partial charge in [-0.25, -0.2) is 0 Å². The van der Waals surface area contributed by atoms with Crippen molar-refractivity contribution < 1.29 is 9.53 Å². The molecule has 82 valence electrons. The van der Waals surface area contributed by atoms with Crippen molar-refractivity contribution in [1.29, 1.82) is 0 Å². The Morgan fingerprint density at radius 1 is 1.40 bits per heavy atom. The van der Waals surface area contributed by atoms with Gasteiger partial charge in [0.05, 0.1) is 0 Å². The predicted octanol–water partition coefficient (Wildman–Crippen LogP) is 2.01. The summed E-state index contributed by atoms with van der Waals surface area (Å²) < 4.78 is 5.71. The summed E-state index contributed by atoms with van der Waals surface area (Å²) in [5, 5.41) is 3.21. The Kier molecular flexibility index (Phi) is 3.72. The van der Waals surface area contributed by atoms with Crippen molar-refractivity contribution in [1.82, 2.24) is 5.32 Å². The number of carbonyl (C=O) groups excluding carboxylic acids is 1. The number of aldehydes is 1. The van der Waals surface area contributed by atoms with E-state index in [0.29, 0.717) is 5.56 Å². The zero-order valence-electron chi connectivity index (χ0n) is 8.53. The lowest BCUT2D eigenvalue weighted by Gasteiger charge is -2.39. The van der Waals surface area contributed by atoms with Crippen molar-refractivity contribution in [2.24, 2.45) is 0 Å². The molecular formula is C11H14ClNO2. The van der Waals surface area contributed by atoms with Gasteiger partial charge in [-0.05, 0) is 31.2 Å². The second-order valence-corrected chi connectivity index (χ2v) is 3.70. The third-order valence-electron chi connectivity index (χ3n) is 2.46. The highest BCUT2D eigenvalue weighted by atomic mass is 35.5. The van der Waals surface area contributed by atoms with E-state index in [0.717, 1.165) is 25.0 Å². The fourth-order valence-corrected chi connectivity index (χ4v) is 1.44. The van der Waals surface area contributed by atoms with E-state index in [2.05, 4.69) is 5.32 Å². The minimum Gasteiger partial charge on any atom is -0.473 e. The molecule has 2 rings (SSSR count). The molecule has 1 aliphatic heterocycles. The Balaban J connectivity index is 0.00000112. The molecule has 1 atom stereocenters. The Labute approximate surface area is 95.2 Å². The van der Waals surface area contributed by atoms with Gasteiger partial charge in [-0.3, -0.25) is 10.1 Å². The van der Waals surface area contributed by atoms with E-state index in [1.165, 1.54) is 0 Å². The van der Waals surface area contributed by atoms with Crippen molar-refractivity contribution in [3.8, 4) is 5.75 Å². The van der Waals surface area contributed by atoms with Crippen LogP contribution >= 0.6 is 12.4 Å². The van der Waals surface area contributed by atoms with Crippen LogP contribution in [0.15, 0.2) is 24.3 Å². The Hall–Kier alpha value is -1.06. The van der Waals surface area contributed by atoms with Crippen molar-refractivity contribution in [3.63, 3.8) is 0 Å². The maximum absolute atomic E-state index is 10.4. The molecule has 0 bridgehead atoms. The van der Waals surface area contributed by atoms with Crippen LogP contribution in [0.25, 0.3) is 0 Å². The normalized spacial score (nSPS) is 23.5. The summed E-state index contributed by atoms with van der Waals surface area (Å²) in [5.41, 5.74) is 0.451. The number of hydrogen-bond donors (Lipinski definition) is 1. The first-order chi connectivity index (χ1) is 6.72. The minimum atomic E-state index is -0.220. The summed E-state index contributed by atoms with van der Waals surface area (Å²) in [6.45, 7) is 3.02. The molecule has 0 spiro atoms. The van der Waals surface area contributed by atoms with Gasteiger partial charge < -0.3 is 4.74 Å². The summed E-state index contributed by atoms with van der Waals surface area (Å²) in [5.74, 6) is 0.797. The summed E-state index contributed by atoms with van der Waals surface area (Å²) in [7, 11) is 0. The summed E-state index contributed by atoms with van der Waals surface area (Å²) in [6, 6.07) is 7.14. The number of ether oxygens (including phenoxy) is 1. The molecule has 15 heavy (non-hydrogen) atoms. The molecule has 1 heterocycles. The summed E-state index contributed by atoms with van der Waals surface area (Å²) >= 11 is 0. The first-order valence-corrected chi connectivity index (χ1v) is 4.71. The highest BCUT2D eigenvalue weighted by Crippen LogP contribution is 2.23. The van der Waals surface area contributed by atoms with Crippen LogP contribution in [0.4, 0.5) is 0 Å². The van der Waals surface area contributed by atoms with Crippen LogP contribution in [0.2, 0.25) is 0 Å². The van der Waals surface area contributed by atoms with E-state index < -0.39 is 0 Å². The van der Waals surface area contributed by atoms with Gasteiger partial charge in [0.2, 0.25) is 0 Å². The fraction of sp³-hybridized carbons (Fsp3) is 0.364. The van der Waals surface area contributed by atoms with Gasteiger partial charge in [-0.2, -0.15) is 0 Å². The first-order valence-electron chi connectivity index (χ1n) is 4.71. The van der Waals surface area contributed by atoms with Crippen LogP contribution in [-0.2, 0) is 0 Å². The van der Waals surface area contributed by atoms with Crippen LogP contribution < -0.4 is 10.1 Å². The largest absolute Gasteiger partial charge is 0.473 e. The number of halogens is 1. The van der Waals surface area contributed by atoms with E-state index in [9.17, 15) is 4.79 Å². The van der Waals surface area contributed by atoms with Crippen LogP contribution in [0, 0.1) is 0 Å². The van der Waals surface area contributed by atoms with E-state index in [-0.39, 0.29) is 18.1 Å². The predicted molar refractivity (Wildman–Crippen MR) is 60.7 cm³/mol. The third-order valence-corrected chi connectivity index (χ3v) is 2.46. The van der Waals surface area contributed by atoms with E-state index >= 15 is 0 Å². The van der Waals surface area contributed by atoms with E-state index in [1.807, 2.05) is 19.1 Å². The number of rotatable bonds is 3. The molecular weight excluding hydrogens is 214 g/mol.